The van der Waals surface area contributed by atoms with Gasteiger partial charge >= 0.3 is 0 Å². The molecule has 2 rings (SSSR count). The summed E-state index contributed by atoms with van der Waals surface area (Å²) in [5, 5.41) is 4.27. The highest BCUT2D eigenvalue weighted by Gasteiger charge is 2.12. The van der Waals surface area contributed by atoms with Crippen LogP contribution in [0.2, 0.25) is 0 Å². The second-order valence-corrected chi connectivity index (χ2v) is 5.39. The van der Waals surface area contributed by atoms with Crippen LogP contribution in [0.25, 0.3) is 10.2 Å². The first kappa shape index (κ1) is 13.1. The lowest BCUT2D eigenvalue weighted by atomic mass is 10.1. The summed E-state index contributed by atoms with van der Waals surface area (Å²) >= 11 is 1.71. The molecular weight excluding hydrogens is 244 g/mol. The molecule has 0 aliphatic heterocycles. The Kier molecular flexibility index (Phi) is 4.07. The number of anilines is 1. The lowest BCUT2D eigenvalue weighted by Crippen LogP contribution is -1.97. The molecule has 1 N–H and O–H groups in total. The molecule has 0 amide bonds. The Morgan fingerprint density at radius 2 is 2.11 bits per heavy atom. The fraction of sp³-hybridized carbons (Fsp3) is 0.500. The number of thiazole rings is 1. The van der Waals surface area contributed by atoms with Crippen molar-refractivity contribution in [1.82, 2.24) is 4.98 Å². The average molecular weight is 264 g/mol. The lowest BCUT2D eigenvalue weighted by Gasteiger charge is -2.09. The zero-order valence-corrected chi connectivity index (χ0v) is 12.3. The van der Waals surface area contributed by atoms with Crippen molar-refractivity contribution in [3.8, 4) is 5.75 Å². The Morgan fingerprint density at radius 1 is 1.33 bits per heavy atom. The van der Waals surface area contributed by atoms with Crippen LogP contribution in [0.15, 0.2) is 6.07 Å². The predicted molar refractivity (Wildman–Crippen MR) is 79.0 cm³/mol. The van der Waals surface area contributed by atoms with E-state index in [9.17, 15) is 0 Å². The molecule has 98 valence electrons. The van der Waals surface area contributed by atoms with Gasteiger partial charge < -0.3 is 10.1 Å². The van der Waals surface area contributed by atoms with Gasteiger partial charge in [0, 0.05) is 12.1 Å². The first-order valence-electron chi connectivity index (χ1n) is 6.44. The van der Waals surface area contributed by atoms with Crippen LogP contribution in [0.1, 0.15) is 31.4 Å². The highest BCUT2D eigenvalue weighted by molar-refractivity contribution is 7.22. The number of rotatable bonds is 5. The van der Waals surface area contributed by atoms with Crippen molar-refractivity contribution in [3.05, 3.63) is 17.2 Å². The molecule has 0 saturated carbocycles. The second-order valence-electron chi connectivity index (χ2n) is 4.39. The molecular formula is C14H20N2OS. The van der Waals surface area contributed by atoms with Crippen molar-refractivity contribution >= 4 is 26.7 Å². The highest BCUT2D eigenvalue weighted by atomic mass is 32.1. The minimum absolute atomic E-state index is 0.769. The van der Waals surface area contributed by atoms with Crippen molar-refractivity contribution in [3.63, 3.8) is 0 Å². The Labute approximate surface area is 112 Å². The maximum atomic E-state index is 5.80. The average Bonchev–Trinajstić information content (AvgIpc) is 2.77. The van der Waals surface area contributed by atoms with Crippen molar-refractivity contribution < 1.29 is 4.74 Å². The predicted octanol–water partition coefficient (Wildman–Crippen LogP) is 4.13. The van der Waals surface area contributed by atoms with E-state index in [0.717, 1.165) is 36.0 Å². The normalized spacial score (nSPS) is 10.9. The van der Waals surface area contributed by atoms with Gasteiger partial charge in [-0.1, -0.05) is 18.3 Å². The SMILES string of the molecule is CCCOc1cc(C)c2nc(NCC)sc2c1C. The summed E-state index contributed by atoms with van der Waals surface area (Å²) in [5.74, 6) is 0.994. The number of nitrogens with zero attached hydrogens (tertiary/aromatic N) is 1. The Morgan fingerprint density at radius 3 is 2.78 bits per heavy atom. The quantitative estimate of drug-likeness (QED) is 0.881. The van der Waals surface area contributed by atoms with Gasteiger partial charge in [0.1, 0.15) is 5.75 Å². The minimum atomic E-state index is 0.769. The van der Waals surface area contributed by atoms with Crippen molar-refractivity contribution in [2.45, 2.75) is 34.1 Å². The van der Waals surface area contributed by atoms with Crippen LogP contribution in [0, 0.1) is 13.8 Å². The molecule has 0 atom stereocenters. The summed E-state index contributed by atoms with van der Waals surface area (Å²) in [6, 6.07) is 2.10. The summed E-state index contributed by atoms with van der Waals surface area (Å²) in [7, 11) is 0. The van der Waals surface area contributed by atoms with E-state index in [1.807, 2.05) is 0 Å². The first-order valence-corrected chi connectivity index (χ1v) is 7.26. The Bertz CT molecular complexity index is 548. The van der Waals surface area contributed by atoms with Gasteiger partial charge in [0.2, 0.25) is 0 Å². The summed E-state index contributed by atoms with van der Waals surface area (Å²) in [6.45, 7) is 10.1. The minimum Gasteiger partial charge on any atom is -0.493 e. The van der Waals surface area contributed by atoms with E-state index in [0.29, 0.717) is 0 Å². The van der Waals surface area contributed by atoms with Gasteiger partial charge in [-0.15, -0.1) is 0 Å². The largest absolute Gasteiger partial charge is 0.493 e. The molecule has 2 aromatic rings. The lowest BCUT2D eigenvalue weighted by molar-refractivity contribution is 0.316. The monoisotopic (exact) mass is 264 g/mol. The van der Waals surface area contributed by atoms with Crippen molar-refractivity contribution in [2.24, 2.45) is 0 Å². The number of nitrogens with one attached hydrogen (secondary N) is 1. The van der Waals surface area contributed by atoms with E-state index in [-0.39, 0.29) is 0 Å². The van der Waals surface area contributed by atoms with Gasteiger partial charge in [-0.2, -0.15) is 0 Å². The summed E-state index contributed by atoms with van der Waals surface area (Å²) in [4.78, 5) is 4.64. The number of hydrogen-bond donors (Lipinski definition) is 1. The van der Waals surface area contributed by atoms with Crippen LogP contribution in [-0.4, -0.2) is 18.1 Å². The molecule has 3 nitrogen and oxygen atoms in total. The molecule has 0 unspecified atom stereocenters. The number of ether oxygens (including phenoxy) is 1. The molecule has 0 fully saturated rings. The first-order chi connectivity index (χ1) is 8.67. The third-order valence-corrected chi connectivity index (χ3v) is 3.98. The topological polar surface area (TPSA) is 34.1 Å². The maximum absolute atomic E-state index is 5.80. The molecule has 0 spiro atoms. The molecule has 0 radical (unpaired) electrons. The van der Waals surface area contributed by atoms with Crippen molar-refractivity contribution in [1.29, 1.82) is 0 Å². The standard InChI is InChI=1S/C14H20N2OS/c1-5-7-17-11-8-9(3)12-13(10(11)4)18-14(16-12)15-6-2/h8H,5-7H2,1-4H3,(H,15,16). The Balaban J connectivity index is 2.47. The number of aryl methyl sites for hydroxylation is 2. The van der Waals surface area contributed by atoms with Crippen LogP contribution >= 0.6 is 11.3 Å². The highest BCUT2D eigenvalue weighted by Crippen LogP contribution is 2.36. The van der Waals surface area contributed by atoms with Gasteiger partial charge in [-0.3, -0.25) is 0 Å². The third kappa shape index (κ3) is 2.43. The fourth-order valence-corrected chi connectivity index (χ4v) is 3.02. The molecule has 0 saturated heterocycles. The van der Waals surface area contributed by atoms with Gasteiger partial charge in [0.05, 0.1) is 16.8 Å². The molecule has 0 bridgehead atoms. The van der Waals surface area contributed by atoms with E-state index >= 15 is 0 Å². The molecule has 4 heteroatoms. The van der Waals surface area contributed by atoms with E-state index in [1.54, 1.807) is 11.3 Å². The van der Waals surface area contributed by atoms with Gasteiger partial charge in [-0.25, -0.2) is 4.98 Å². The van der Waals surface area contributed by atoms with Crippen LogP contribution in [0.3, 0.4) is 0 Å². The molecule has 1 aromatic heterocycles. The van der Waals surface area contributed by atoms with Gasteiger partial charge in [-0.05, 0) is 38.8 Å². The van der Waals surface area contributed by atoms with E-state index < -0.39 is 0 Å². The van der Waals surface area contributed by atoms with E-state index in [1.165, 1.54) is 15.8 Å². The van der Waals surface area contributed by atoms with Crippen LogP contribution in [-0.2, 0) is 0 Å². The zero-order chi connectivity index (χ0) is 13.1. The molecule has 0 aliphatic rings. The van der Waals surface area contributed by atoms with Crippen molar-refractivity contribution in [2.75, 3.05) is 18.5 Å². The Hall–Kier alpha value is -1.29. The van der Waals surface area contributed by atoms with Crippen LogP contribution in [0.5, 0.6) is 5.75 Å². The molecule has 18 heavy (non-hydrogen) atoms. The van der Waals surface area contributed by atoms with Crippen LogP contribution in [0.4, 0.5) is 5.13 Å². The second kappa shape index (κ2) is 5.57. The van der Waals surface area contributed by atoms with E-state index in [4.69, 9.17) is 4.74 Å². The fourth-order valence-electron chi connectivity index (χ4n) is 1.92. The third-order valence-electron chi connectivity index (χ3n) is 2.85. The van der Waals surface area contributed by atoms with Gasteiger partial charge in [0.15, 0.2) is 5.13 Å². The zero-order valence-electron chi connectivity index (χ0n) is 11.5. The summed E-state index contributed by atoms with van der Waals surface area (Å²) in [5.41, 5.74) is 3.48. The van der Waals surface area contributed by atoms with Crippen LogP contribution < -0.4 is 10.1 Å². The number of benzene rings is 1. The molecule has 1 aromatic carbocycles. The molecule has 0 aliphatic carbocycles. The summed E-state index contributed by atoms with van der Waals surface area (Å²) in [6.07, 6.45) is 1.03. The summed E-state index contributed by atoms with van der Waals surface area (Å²) < 4.78 is 7.04. The number of hydrogen-bond acceptors (Lipinski definition) is 4. The smallest absolute Gasteiger partial charge is 0.183 e. The molecule has 1 heterocycles. The number of aromatic nitrogens is 1. The maximum Gasteiger partial charge on any atom is 0.183 e. The van der Waals surface area contributed by atoms with E-state index in [2.05, 4.69) is 44.1 Å². The van der Waals surface area contributed by atoms with Gasteiger partial charge in [0.25, 0.3) is 0 Å². The number of fused-ring (bicyclic) bond motifs is 1.